The average molecular weight is 373 g/mol. The second-order valence-corrected chi connectivity index (χ2v) is 5.28. The van der Waals surface area contributed by atoms with Gasteiger partial charge in [0.05, 0.1) is 19.3 Å². The van der Waals surface area contributed by atoms with Crippen LogP contribution in [0.2, 0.25) is 0 Å². The highest BCUT2D eigenvalue weighted by molar-refractivity contribution is 5.97. The Hall–Kier alpha value is -3.55. The molecule has 0 fully saturated rings. The van der Waals surface area contributed by atoms with E-state index in [0.29, 0.717) is 11.3 Å². The summed E-state index contributed by atoms with van der Waals surface area (Å²) in [6.07, 6.45) is 0. The number of rotatable bonds is 7. The van der Waals surface area contributed by atoms with E-state index in [4.69, 9.17) is 14.2 Å². The molecule has 0 saturated heterocycles. The lowest BCUT2D eigenvalue weighted by molar-refractivity contribution is -0.119. The number of amides is 1. The van der Waals surface area contributed by atoms with Crippen LogP contribution in [0.4, 0.5) is 5.69 Å². The average Bonchev–Trinajstić information content (AvgIpc) is 2.67. The Morgan fingerprint density at radius 1 is 1.00 bits per heavy atom. The number of phenolic OH excluding ortho intramolecular Hbond substituents is 1. The zero-order chi connectivity index (χ0) is 19.8. The predicted octanol–water partition coefficient (Wildman–Crippen LogP) is 2.37. The van der Waals surface area contributed by atoms with Crippen molar-refractivity contribution in [3.8, 4) is 11.5 Å². The van der Waals surface area contributed by atoms with Gasteiger partial charge in [-0.2, -0.15) is 0 Å². The van der Waals surface area contributed by atoms with Gasteiger partial charge in [-0.1, -0.05) is 6.07 Å². The van der Waals surface area contributed by atoms with Crippen molar-refractivity contribution in [2.75, 3.05) is 25.6 Å². The van der Waals surface area contributed by atoms with Gasteiger partial charge in [-0.3, -0.25) is 4.79 Å². The molecule has 8 nitrogen and oxygen atoms in total. The highest BCUT2D eigenvalue weighted by atomic mass is 16.5. The SMILES string of the molecule is CCOC(=O)c1ccc(NC(=O)COC(=O)c2cccc(OC)c2O)cc1. The van der Waals surface area contributed by atoms with Crippen LogP contribution in [0.3, 0.4) is 0 Å². The lowest BCUT2D eigenvalue weighted by atomic mass is 10.2. The molecule has 27 heavy (non-hydrogen) atoms. The molecule has 0 aliphatic rings. The number of hydrogen-bond donors (Lipinski definition) is 2. The van der Waals surface area contributed by atoms with E-state index in [-0.39, 0.29) is 23.7 Å². The van der Waals surface area contributed by atoms with Crippen molar-refractivity contribution < 1.29 is 33.7 Å². The Morgan fingerprint density at radius 3 is 2.33 bits per heavy atom. The summed E-state index contributed by atoms with van der Waals surface area (Å²) < 4.78 is 14.7. The number of phenols is 1. The maximum absolute atomic E-state index is 12.0. The minimum Gasteiger partial charge on any atom is -0.504 e. The molecule has 0 saturated carbocycles. The number of methoxy groups -OCH3 is 1. The van der Waals surface area contributed by atoms with Crippen LogP contribution in [-0.2, 0) is 14.3 Å². The molecule has 8 heteroatoms. The molecule has 0 atom stereocenters. The zero-order valence-electron chi connectivity index (χ0n) is 14.9. The zero-order valence-corrected chi connectivity index (χ0v) is 14.9. The van der Waals surface area contributed by atoms with Gasteiger partial charge < -0.3 is 24.6 Å². The van der Waals surface area contributed by atoms with E-state index in [0.717, 1.165) is 0 Å². The van der Waals surface area contributed by atoms with Gasteiger partial charge in [-0.25, -0.2) is 9.59 Å². The van der Waals surface area contributed by atoms with Crippen molar-refractivity contribution >= 4 is 23.5 Å². The van der Waals surface area contributed by atoms with Crippen molar-refractivity contribution in [2.45, 2.75) is 6.92 Å². The highest BCUT2D eigenvalue weighted by Gasteiger charge is 2.17. The molecule has 0 aromatic heterocycles. The molecular weight excluding hydrogens is 354 g/mol. The van der Waals surface area contributed by atoms with Crippen LogP contribution in [0.15, 0.2) is 42.5 Å². The Balaban J connectivity index is 1.91. The van der Waals surface area contributed by atoms with E-state index in [9.17, 15) is 19.5 Å². The first-order chi connectivity index (χ1) is 13.0. The second kappa shape index (κ2) is 9.23. The van der Waals surface area contributed by atoms with Crippen molar-refractivity contribution in [3.63, 3.8) is 0 Å². The van der Waals surface area contributed by atoms with Gasteiger partial charge in [0.2, 0.25) is 0 Å². The highest BCUT2D eigenvalue weighted by Crippen LogP contribution is 2.29. The van der Waals surface area contributed by atoms with Gasteiger partial charge in [0.15, 0.2) is 18.1 Å². The van der Waals surface area contributed by atoms with E-state index in [2.05, 4.69) is 5.32 Å². The molecule has 0 aliphatic carbocycles. The molecule has 0 radical (unpaired) electrons. The maximum Gasteiger partial charge on any atom is 0.342 e. The lowest BCUT2D eigenvalue weighted by Crippen LogP contribution is -2.21. The van der Waals surface area contributed by atoms with Crippen LogP contribution in [0.5, 0.6) is 11.5 Å². The van der Waals surface area contributed by atoms with Crippen molar-refractivity contribution in [1.29, 1.82) is 0 Å². The fourth-order valence-corrected chi connectivity index (χ4v) is 2.16. The second-order valence-electron chi connectivity index (χ2n) is 5.28. The van der Waals surface area contributed by atoms with Crippen LogP contribution >= 0.6 is 0 Å². The Bertz CT molecular complexity index is 830. The molecule has 1 amide bonds. The van der Waals surface area contributed by atoms with Gasteiger partial charge >= 0.3 is 11.9 Å². The predicted molar refractivity (Wildman–Crippen MR) is 96.0 cm³/mol. The molecule has 142 valence electrons. The van der Waals surface area contributed by atoms with Crippen LogP contribution in [0, 0.1) is 0 Å². The first-order valence-electron chi connectivity index (χ1n) is 8.06. The van der Waals surface area contributed by atoms with Crippen LogP contribution in [0.1, 0.15) is 27.6 Å². The fraction of sp³-hybridized carbons (Fsp3) is 0.211. The molecule has 0 bridgehead atoms. The summed E-state index contributed by atoms with van der Waals surface area (Å²) in [7, 11) is 1.35. The van der Waals surface area contributed by atoms with Gasteiger partial charge in [0.1, 0.15) is 5.56 Å². The molecule has 0 aliphatic heterocycles. The summed E-state index contributed by atoms with van der Waals surface area (Å²) in [5, 5.41) is 12.4. The normalized spacial score (nSPS) is 10.0. The molecule has 0 unspecified atom stereocenters. The minimum absolute atomic E-state index is 0.110. The number of hydrogen-bond acceptors (Lipinski definition) is 7. The van der Waals surface area contributed by atoms with E-state index < -0.39 is 24.5 Å². The van der Waals surface area contributed by atoms with Crippen molar-refractivity contribution in [2.24, 2.45) is 0 Å². The summed E-state index contributed by atoms with van der Waals surface area (Å²) in [4.78, 5) is 35.5. The molecule has 0 heterocycles. The molecule has 2 N–H and O–H groups in total. The summed E-state index contributed by atoms with van der Waals surface area (Å²) >= 11 is 0. The van der Waals surface area contributed by atoms with Crippen LogP contribution < -0.4 is 10.1 Å². The topological polar surface area (TPSA) is 111 Å². The van der Waals surface area contributed by atoms with E-state index in [1.807, 2.05) is 0 Å². The van der Waals surface area contributed by atoms with Crippen LogP contribution in [0.25, 0.3) is 0 Å². The number of benzene rings is 2. The monoisotopic (exact) mass is 373 g/mol. The summed E-state index contributed by atoms with van der Waals surface area (Å²) in [6, 6.07) is 10.4. The number of esters is 2. The fourth-order valence-electron chi connectivity index (χ4n) is 2.16. The number of ether oxygens (including phenoxy) is 3. The summed E-state index contributed by atoms with van der Waals surface area (Å²) in [5.41, 5.74) is 0.670. The maximum atomic E-state index is 12.0. The smallest absolute Gasteiger partial charge is 0.342 e. The number of carbonyl (C=O) groups is 3. The Morgan fingerprint density at radius 2 is 1.70 bits per heavy atom. The molecule has 2 aromatic rings. The van der Waals surface area contributed by atoms with Crippen LogP contribution in [-0.4, -0.2) is 43.3 Å². The first-order valence-corrected chi connectivity index (χ1v) is 8.06. The standard InChI is InChI=1S/C19H19NO7/c1-3-26-18(23)12-7-9-13(10-8-12)20-16(21)11-27-19(24)14-5-4-6-15(25-2)17(14)22/h4-10,22H,3,11H2,1-2H3,(H,20,21). The van der Waals surface area contributed by atoms with E-state index in [1.54, 1.807) is 6.92 Å². The van der Waals surface area contributed by atoms with Gasteiger partial charge in [-0.15, -0.1) is 0 Å². The van der Waals surface area contributed by atoms with Crippen molar-refractivity contribution in [1.82, 2.24) is 0 Å². The van der Waals surface area contributed by atoms with E-state index in [1.165, 1.54) is 49.6 Å². The van der Waals surface area contributed by atoms with Gasteiger partial charge in [-0.05, 0) is 43.3 Å². The number of carbonyl (C=O) groups excluding carboxylic acids is 3. The third kappa shape index (κ3) is 5.21. The van der Waals surface area contributed by atoms with Crippen molar-refractivity contribution in [3.05, 3.63) is 53.6 Å². The molecular formula is C19H19NO7. The first kappa shape index (κ1) is 19.8. The number of para-hydroxylation sites is 1. The Kier molecular flexibility index (Phi) is 6.76. The molecule has 0 spiro atoms. The quantitative estimate of drug-likeness (QED) is 0.717. The van der Waals surface area contributed by atoms with E-state index >= 15 is 0 Å². The number of nitrogens with one attached hydrogen (secondary N) is 1. The summed E-state index contributed by atoms with van der Waals surface area (Å²) in [6.45, 7) is 1.43. The molecule has 2 rings (SSSR count). The third-order valence-electron chi connectivity index (χ3n) is 3.45. The Labute approximate surface area is 155 Å². The largest absolute Gasteiger partial charge is 0.504 e. The lowest BCUT2D eigenvalue weighted by Gasteiger charge is -2.09. The van der Waals surface area contributed by atoms with Gasteiger partial charge in [0, 0.05) is 5.69 Å². The summed E-state index contributed by atoms with van der Waals surface area (Å²) in [5.74, 6) is -2.13. The van der Waals surface area contributed by atoms with Gasteiger partial charge in [0.25, 0.3) is 5.91 Å². The third-order valence-corrected chi connectivity index (χ3v) is 3.45. The molecule has 2 aromatic carbocycles. The number of anilines is 1. The minimum atomic E-state index is -0.862. The number of aromatic hydroxyl groups is 1.